The number of carbonyl (C=O) groups excluding carboxylic acids is 1. The van der Waals surface area contributed by atoms with Crippen LogP contribution in [-0.2, 0) is 12.4 Å². The molecule has 1 fully saturated rings. The third-order valence-electron chi connectivity index (χ3n) is 5.33. The van der Waals surface area contributed by atoms with Crippen LogP contribution in [0.5, 0.6) is 0 Å². The highest BCUT2D eigenvalue weighted by Crippen LogP contribution is 2.37. The third kappa shape index (κ3) is 5.71. The molecular formula is C21H21ClF6N2O. The van der Waals surface area contributed by atoms with Gasteiger partial charge in [0.1, 0.15) is 0 Å². The lowest BCUT2D eigenvalue weighted by molar-refractivity contribution is -0.143. The molecule has 10 heteroatoms. The summed E-state index contributed by atoms with van der Waals surface area (Å²) in [5, 5.41) is 3.22. The van der Waals surface area contributed by atoms with Crippen molar-refractivity contribution >= 4 is 18.3 Å². The lowest BCUT2D eigenvalue weighted by Gasteiger charge is -2.39. The Labute approximate surface area is 181 Å². The number of piperidine rings is 1. The van der Waals surface area contributed by atoms with Crippen LogP contribution in [0.2, 0.25) is 0 Å². The summed E-state index contributed by atoms with van der Waals surface area (Å²) in [7, 11) is 1.42. The van der Waals surface area contributed by atoms with Gasteiger partial charge in [0.15, 0.2) is 0 Å². The van der Waals surface area contributed by atoms with Crippen LogP contribution in [0.25, 0.3) is 0 Å². The highest BCUT2D eigenvalue weighted by molar-refractivity contribution is 5.94. The fourth-order valence-corrected chi connectivity index (χ4v) is 3.78. The molecule has 2 aromatic rings. The Kier molecular flexibility index (Phi) is 7.65. The lowest BCUT2D eigenvalue weighted by Crippen LogP contribution is -2.49. The van der Waals surface area contributed by atoms with E-state index in [1.54, 1.807) is 0 Å². The van der Waals surface area contributed by atoms with Crippen molar-refractivity contribution in [2.75, 3.05) is 20.1 Å². The standard InChI is InChI=1S/C21H20F6N2O.ClH/c1-29(18-7-8-28-12-17(18)13-5-3-2-4-6-13)19(30)14-9-15(20(22,23)24)11-16(10-14)21(25,26)27;/h2-6,9-11,17-18,28H,7-8,12H2,1H3;1H/t17-,18+;/m0./s1. The van der Waals surface area contributed by atoms with E-state index < -0.39 is 35.0 Å². The van der Waals surface area contributed by atoms with Crippen molar-refractivity contribution in [1.82, 2.24) is 10.2 Å². The number of likely N-dealkylation sites (N-methyl/N-ethyl adjacent to an activating group) is 1. The molecule has 31 heavy (non-hydrogen) atoms. The van der Waals surface area contributed by atoms with Gasteiger partial charge in [0.2, 0.25) is 0 Å². The molecule has 1 amide bonds. The van der Waals surface area contributed by atoms with Gasteiger partial charge in [0.25, 0.3) is 5.91 Å². The van der Waals surface area contributed by atoms with Gasteiger partial charge in [-0.2, -0.15) is 26.3 Å². The molecule has 1 saturated heterocycles. The molecule has 0 bridgehead atoms. The zero-order chi connectivity index (χ0) is 22.1. The van der Waals surface area contributed by atoms with Crippen LogP contribution in [0, 0.1) is 0 Å². The monoisotopic (exact) mass is 466 g/mol. The summed E-state index contributed by atoms with van der Waals surface area (Å²) in [5.41, 5.74) is -2.70. The molecule has 3 rings (SSSR count). The van der Waals surface area contributed by atoms with E-state index in [9.17, 15) is 31.1 Å². The van der Waals surface area contributed by atoms with Crippen molar-refractivity contribution in [3.8, 4) is 0 Å². The van der Waals surface area contributed by atoms with Crippen LogP contribution >= 0.6 is 12.4 Å². The summed E-state index contributed by atoms with van der Waals surface area (Å²) in [6.07, 6.45) is -9.49. The Morgan fingerprint density at radius 3 is 2.03 bits per heavy atom. The fourth-order valence-electron chi connectivity index (χ4n) is 3.78. The van der Waals surface area contributed by atoms with Crippen LogP contribution in [0.4, 0.5) is 26.3 Å². The molecule has 170 valence electrons. The van der Waals surface area contributed by atoms with E-state index in [-0.39, 0.29) is 30.4 Å². The Morgan fingerprint density at radius 2 is 1.52 bits per heavy atom. The van der Waals surface area contributed by atoms with E-state index in [1.165, 1.54) is 11.9 Å². The van der Waals surface area contributed by atoms with E-state index in [1.807, 2.05) is 30.3 Å². The normalized spacial score (nSPS) is 19.5. The average Bonchev–Trinajstić information content (AvgIpc) is 2.71. The fraction of sp³-hybridized carbons (Fsp3) is 0.381. The molecule has 1 N–H and O–H groups in total. The van der Waals surface area contributed by atoms with Crippen LogP contribution in [-0.4, -0.2) is 37.0 Å². The smallest absolute Gasteiger partial charge is 0.338 e. The summed E-state index contributed by atoms with van der Waals surface area (Å²) in [6.45, 7) is 1.13. The maximum absolute atomic E-state index is 13.1. The van der Waals surface area contributed by atoms with Crippen molar-refractivity contribution in [2.24, 2.45) is 0 Å². The highest BCUT2D eigenvalue weighted by Gasteiger charge is 2.39. The number of hydrogen-bond donors (Lipinski definition) is 1. The topological polar surface area (TPSA) is 32.3 Å². The number of hydrogen-bond acceptors (Lipinski definition) is 2. The second-order valence-electron chi connectivity index (χ2n) is 7.29. The number of nitrogens with one attached hydrogen (secondary N) is 1. The Hall–Kier alpha value is -2.26. The number of halogens is 7. The zero-order valence-corrected chi connectivity index (χ0v) is 17.2. The molecule has 1 aliphatic heterocycles. The van der Waals surface area contributed by atoms with Gasteiger partial charge < -0.3 is 10.2 Å². The first-order chi connectivity index (χ1) is 14.0. The van der Waals surface area contributed by atoms with Crippen molar-refractivity contribution in [2.45, 2.75) is 30.7 Å². The van der Waals surface area contributed by atoms with Gasteiger partial charge >= 0.3 is 12.4 Å². The van der Waals surface area contributed by atoms with Gasteiger partial charge in [-0.05, 0) is 36.7 Å². The second-order valence-corrected chi connectivity index (χ2v) is 7.29. The predicted molar refractivity (Wildman–Crippen MR) is 106 cm³/mol. The molecule has 1 heterocycles. The van der Waals surface area contributed by atoms with E-state index in [0.717, 1.165) is 5.56 Å². The Balaban J connectivity index is 0.00000341. The molecule has 0 spiro atoms. The molecule has 0 aromatic heterocycles. The SMILES string of the molecule is CN(C(=O)c1cc(C(F)(F)F)cc(C(F)(F)F)c1)[C@@H]1CCNC[C@H]1c1ccccc1.Cl. The van der Waals surface area contributed by atoms with Crippen molar-refractivity contribution in [3.63, 3.8) is 0 Å². The first kappa shape index (κ1) is 25.0. The summed E-state index contributed by atoms with van der Waals surface area (Å²) in [5.74, 6) is -1.01. The lowest BCUT2D eigenvalue weighted by atomic mass is 9.85. The first-order valence-corrected chi connectivity index (χ1v) is 9.31. The molecule has 2 atom stereocenters. The van der Waals surface area contributed by atoms with Gasteiger partial charge in [0.05, 0.1) is 11.1 Å². The Morgan fingerprint density at radius 1 is 0.968 bits per heavy atom. The average molecular weight is 467 g/mol. The van der Waals surface area contributed by atoms with Crippen molar-refractivity contribution < 1.29 is 31.1 Å². The molecule has 0 saturated carbocycles. The van der Waals surface area contributed by atoms with Crippen LogP contribution < -0.4 is 5.32 Å². The predicted octanol–water partition coefficient (Wildman–Crippen LogP) is 5.36. The van der Waals surface area contributed by atoms with Crippen molar-refractivity contribution in [1.29, 1.82) is 0 Å². The molecule has 3 nitrogen and oxygen atoms in total. The number of rotatable bonds is 3. The maximum Gasteiger partial charge on any atom is 0.416 e. The number of benzene rings is 2. The highest BCUT2D eigenvalue weighted by atomic mass is 35.5. The van der Waals surface area contributed by atoms with Gasteiger partial charge in [-0.1, -0.05) is 30.3 Å². The second kappa shape index (κ2) is 9.48. The largest absolute Gasteiger partial charge is 0.416 e. The third-order valence-corrected chi connectivity index (χ3v) is 5.33. The summed E-state index contributed by atoms with van der Waals surface area (Å²) < 4.78 is 78.8. The quantitative estimate of drug-likeness (QED) is 0.617. The zero-order valence-electron chi connectivity index (χ0n) is 16.4. The Bertz CT molecular complexity index is 869. The maximum atomic E-state index is 13.1. The van der Waals surface area contributed by atoms with E-state index >= 15 is 0 Å². The molecule has 0 unspecified atom stereocenters. The van der Waals surface area contributed by atoms with Gasteiger partial charge in [0, 0.05) is 31.1 Å². The minimum Gasteiger partial charge on any atom is -0.338 e. The molecule has 1 aliphatic rings. The number of alkyl halides is 6. The van der Waals surface area contributed by atoms with Crippen molar-refractivity contribution in [3.05, 3.63) is 70.8 Å². The molecule has 0 radical (unpaired) electrons. The molecule has 0 aliphatic carbocycles. The van der Waals surface area contributed by atoms with E-state index in [2.05, 4.69) is 5.32 Å². The molecule has 2 aromatic carbocycles. The van der Waals surface area contributed by atoms with Crippen LogP contribution in [0.1, 0.15) is 39.4 Å². The van der Waals surface area contributed by atoms with Gasteiger partial charge in [-0.25, -0.2) is 0 Å². The summed E-state index contributed by atoms with van der Waals surface area (Å²) in [4.78, 5) is 14.2. The van der Waals surface area contributed by atoms with Gasteiger partial charge in [-0.3, -0.25) is 4.79 Å². The minimum absolute atomic E-state index is 0. The molecular weight excluding hydrogens is 446 g/mol. The van der Waals surface area contributed by atoms with Crippen LogP contribution in [0.3, 0.4) is 0 Å². The van der Waals surface area contributed by atoms with Gasteiger partial charge in [-0.15, -0.1) is 12.4 Å². The number of carbonyl (C=O) groups is 1. The number of amides is 1. The summed E-state index contributed by atoms with van der Waals surface area (Å²) >= 11 is 0. The first-order valence-electron chi connectivity index (χ1n) is 9.31. The van der Waals surface area contributed by atoms with Crippen LogP contribution in [0.15, 0.2) is 48.5 Å². The van der Waals surface area contributed by atoms with E-state index in [4.69, 9.17) is 0 Å². The minimum atomic E-state index is -5.00. The van der Waals surface area contributed by atoms with E-state index in [0.29, 0.717) is 31.6 Å². The number of nitrogens with zero attached hydrogens (tertiary/aromatic N) is 1. The summed E-state index contributed by atoms with van der Waals surface area (Å²) in [6, 6.07) is 9.89.